The van der Waals surface area contributed by atoms with E-state index in [4.69, 9.17) is 5.84 Å². The molecular formula is C12H9F6N7O3. The number of rotatable bonds is 6. The fraction of sp³-hybridized carbons (Fsp3) is 0.250. The molecule has 16 heteroatoms. The Kier molecular flexibility index (Phi) is 5.72. The quantitative estimate of drug-likeness (QED) is 0.282. The molecule has 0 unspecified atom stereocenters. The second kappa shape index (κ2) is 7.67. The molecule has 0 radical (unpaired) electrons. The maximum atomic E-state index is 12.6. The molecule has 10 nitrogen and oxygen atoms in total. The van der Waals surface area contributed by atoms with Crippen LogP contribution >= 0.6 is 0 Å². The average molecular weight is 413 g/mol. The molecule has 1 heterocycles. The summed E-state index contributed by atoms with van der Waals surface area (Å²) in [5, 5.41) is 13.3. The highest BCUT2D eigenvalue weighted by Crippen LogP contribution is 2.36. The van der Waals surface area contributed by atoms with E-state index >= 15 is 0 Å². The number of hydrogen-bond donors (Lipinski definition) is 3. The predicted octanol–water partition coefficient (Wildman–Crippen LogP) is 2.68. The van der Waals surface area contributed by atoms with Crippen LogP contribution in [-0.4, -0.2) is 38.3 Å². The van der Waals surface area contributed by atoms with Crippen molar-refractivity contribution in [2.45, 2.75) is 18.5 Å². The topological polar surface area (TPSA) is 141 Å². The first-order valence-electron chi connectivity index (χ1n) is 6.95. The van der Waals surface area contributed by atoms with Crippen LogP contribution in [-0.2, 0) is 0 Å². The maximum absolute atomic E-state index is 12.6. The molecular weight excluding hydrogens is 404 g/mol. The van der Waals surface area contributed by atoms with Crippen LogP contribution in [0.1, 0.15) is 0 Å². The van der Waals surface area contributed by atoms with E-state index in [1.54, 1.807) is 5.43 Å². The summed E-state index contributed by atoms with van der Waals surface area (Å²) in [4.78, 5) is 20.2. The first-order valence-corrected chi connectivity index (χ1v) is 6.95. The Labute approximate surface area is 150 Å². The number of nitrogens with two attached hydrogens (primary N) is 1. The summed E-state index contributed by atoms with van der Waals surface area (Å²) in [7, 11) is 0. The molecule has 0 saturated carbocycles. The van der Waals surface area contributed by atoms with Crippen molar-refractivity contribution in [3.05, 3.63) is 34.4 Å². The third kappa shape index (κ3) is 5.06. The number of benzene rings is 1. The smallest absolute Gasteiger partial charge is 0.434 e. The third-order valence-electron chi connectivity index (χ3n) is 2.91. The Hall–Kier alpha value is -3.43. The summed E-state index contributed by atoms with van der Waals surface area (Å²) in [6, 6.07) is 3.62. The van der Waals surface area contributed by atoms with E-state index in [1.807, 2.05) is 0 Å². The number of nitrogens with zero attached hydrogens (tertiary/aromatic N) is 4. The highest BCUT2D eigenvalue weighted by molar-refractivity contribution is 5.66. The number of nitrogens with one attached hydrogen (secondary N) is 2. The molecule has 1 aromatic heterocycles. The zero-order valence-electron chi connectivity index (χ0n) is 13.2. The molecule has 0 bridgehead atoms. The van der Waals surface area contributed by atoms with Gasteiger partial charge in [0, 0.05) is 6.07 Å². The van der Waals surface area contributed by atoms with E-state index in [9.17, 15) is 36.5 Å². The van der Waals surface area contributed by atoms with Crippen LogP contribution in [0.25, 0.3) is 0 Å². The Morgan fingerprint density at radius 1 is 1.04 bits per heavy atom. The molecule has 0 aliphatic carbocycles. The van der Waals surface area contributed by atoms with Gasteiger partial charge < -0.3 is 10.1 Å². The number of nitro groups is 1. The molecule has 0 aliphatic heterocycles. The van der Waals surface area contributed by atoms with Crippen LogP contribution in [0.4, 0.5) is 49.6 Å². The van der Waals surface area contributed by atoms with Gasteiger partial charge in [-0.15, -0.1) is 0 Å². The van der Waals surface area contributed by atoms with Crippen molar-refractivity contribution in [1.82, 2.24) is 15.0 Å². The standard InChI is InChI=1S/C12H9F6N7O3/c13-11(14,15)7(12(16,17)18)28-10-22-8(21-9(23-10)24-19)20-5-3-1-2-4-6(5)25(26)27/h1-4,7H,19H2,(H2,20,21,22,23,24). The number of hydrazine groups is 1. The highest BCUT2D eigenvalue weighted by atomic mass is 19.4. The predicted molar refractivity (Wildman–Crippen MR) is 80.5 cm³/mol. The number of aromatic nitrogens is 3. The Bertz CT molecular complexity index is 846. The summed E-state index contributed by atoms with van der Waals surface area (Å²) >= 11 is 0. The molecule has 28 heavy (non-hydrogen) atoms. The third-order valence-corrected chi connectivity index (χ3v) is 2.91. The minimum atomic E-state index is -5.81. The van der Waals surface area contributed by atoms with Gasteiger partial charge in [0.2, 0.25) is 11.9 Å². The first-order chi connectivity index (χ1) is 12.9. The van der Waals surface area contributed by atoms with Crippen LogP contribution in [0, 0.1) is 10.1 Å². The monoisotopic (exact) mass is 413 g/mol. The molecule has 0 aliphatic rings. The van der Waals surface area contributed by atoms with E-state index in [-0.39, 0.29) is 5.69 Å². The van der Waals surface area contributed by atoms with Gasteiger partial charge in [0.05, 0.1) is 4.92 Å². The molecule has 1 aromatic carbocycles. The van der Waals surface area contributed by atoms with Gasteiger partial charge in [-0.2, -0.15) is 41.3 Å². The normalized spacial score (nSPS) is 12.0. The number of alkyl halides is 6. The van der Waals surface area contributed by atoms with Crippen molar-refractivity contribution in [3.8, 4) is 6.01 Å². The number of halogens is 6. The van der Waals surface area contributed by atoms with E-state index in [0.717, 1.165) is 6.07 Å². The van der Waals surface area contributed by atoms with Gasteiger partial charge in [-0.05, 0) is 6.07 Å². The summed E-state index contributed by atoms with van der Waals surface area (Å²) in [6.45, 7) is 0. The number of para-hydroxylation sites is 2. The van der Waals surface area contributed by atoms with E-state index in [0.29, 0.717) is 0 Å². The lowest BCUT2D eigenvalue weighted by molar-refractivity contribution is -0.383. The van der Waals surface area contributed by atoms with E-state index in [2.05, 4.69) is 25.0 Å². The summed E-state index contributed by atoms with van der Waals surface area (Å²) in [5.41, 5.74) is 1.14. The van der Waals surface area contributed by atoms with Crippen molar-refractivity contribution in [2.24, 2.45) is 5.84 Å². The van der Waals surface area contributed by atoms with Crippen LogP contribution in [0.15, 0.2) is 24.3 Å². The van der Waals surface area contributed by atoms with Crippen LogP contribution in [0.5, 0.6) is 6.01 Å². The number of nitrogen functional groups attached to an aromatic ring is 1. The van der Waals surface area contributed by atoms with Crippen LogP contribution in [0.3, 0.4) is 0 Å². The number of anilines is 3. The fourth-order valence-electron chi connectivity index (χ4n) is 1.81. The van der Waals surface area contributed by atoms with Gasteiger partial charge >= 0.3 is 18.4 Å². The van der Waals surface area contributed by atoms with Crippen LogP contribution in [0.2, 0.25) is 0 Å². The van der Waals surface area contributed by atoms with Crippen LogP contribution < -0.4 is 21.3 Å². The molecule has 0 spiro atoms. The summed E-state index contributed by atoms with van der Waals surface area (Å²) < 4.78 is 79.6. The second-order valence-corrected chi connectivity index (χ2v) is 4.89. The average Bonchev–Trinajstić information content (AvgIpc) is 2.57. The van der Waals surface area contributed by atoms with Gasteiger partial charge in [0.15, 0.2) is 0 Å². The SMILES string of the molecule is NNc1nc(Nc2ccccc2[N+](=O)[O-])nc(OC(C(F)(F)F)C(F)(F)F)n1. The Morgan fingerprint density at radius 2 is 1.61 bits per heavy atom. The second-order valence-electron chi connectivity index (χ2n) is 4.89. The van der Waals surface area contributed by atoms with E-state index < -0.39 is 47.0 Å². The Morgan fingerprint density at radius 3 is 2.14 bits per heavy atom. The molecule has 0 fully saturated rings. The fourth-order valence-corrected chi connectivity index (χ4v) is 1.81. The largest absolute Gasteiger partial charge is 0.440 e. The van der Waals surface area contributed by atoms with Gasteiger partial charge in [-0.25, -0.2) is 5.84 Å². The molecule has 4 N–H and O–H groups in total. The minimum Gasteiger partial charge on any atom is -0.440 e. The number of hydrogen-bond acceptors (Lipinski definition) is 9. The van der Waals surface area contributed by atoms with Crippen molar-refractivity contribution in [2.75, 3.05) is 10.7 Å². The van der Waals surface area contributed by atoms with Crippen molar-refractivity contribution in [1.29, 1.82) is 0 Å². The molecule has 0 atom stereocenters. The first kappa shape index (κ1) is 20.9. The van der Waals surface area contributed by atoms with Gasteiger partial charge in [-0.3, -0.25) is 15.5 Å². The minimum absolute atomic E-state index is 0.198. The maximum Gasteiger partial charge on any atom is 0.434 e. The molecule has 0 amide bonds. The molecule has 2 rings (SSSR count). The number of ether oxygens (including phenoxy) is 1. The highest BCUT2D eigenvalue weighted by Gasteiger charge is 2.59. The zero-order chi connectivity index (χ0) is 21.1. The van der Waals surface area contributed by atoms with Gasteiger partial charge in [0.25, 0.3) is 11.8 Å². The van der Waals surface area contributed by atoms with Gasteiger partial charge in [0.1, 0.15) is 5.69 Å². The van der Waals surface area contributed by atoms with Crippen molar-refractivity contribution in [3.63, 3.8) is 0 Å². The molecule has 2 aromatic rings. The molecule has 0 saturated heterocycles. The lowest BCUT2D eigenvalue weighted by Gasteiger charge is -2.22. The molecule has 152 valence electrons. The van der Waals surface area contributed by atoms with Gasteiger partial charge in [-0.1, -0.05) is 12.1 Å². The summed E-state index contributed by atoms with van der Waals surface area (Å²) in [6.07, 6.45) is -15.8. The van der Waals surface area contributed by atoms with Crippen molar-refractivity contribution >= 4 is 23.3 Å². The van der Waals surface area contributed by atoms with E-state index in [1.165, 1.54) is 18.2 Å². The number of nitro benzene ring substituents is 1. The Balaban J connectivity index is 2.41. The lowest BCUT2D eigenvalue weighted by atomic mass is 10.3. The zero-order valence-corrected chi connectivity index (χ0v) is 13.2. The lowest BCUT2D eigenvalue weighted by Crippen LogP contribution is -2.47. The summed E-state index contributed by atoms with van der Waals surface area (Å²) in [5.74, 6) is 3.71. The van der Waals surface area contributed by atoms with Crippen molar-refractivity contribution < 1.29 is 36.0 Å².